The highest BCUT2D eigenvalue weighted by atomic mass is 32.1. The van der Waals surface area contributed by atoms with Crippen molar-refractivity contribution in [1.29, 1.82) is 0 Å². The molecule has 0 atom stereocenters. The number of carbonyl (C=O) groups is 1. The molecule has 72 valence electrons. The molecule has 4 heteroatoms. The van der Waals surface area contributed by atoms with Gasteiger partial charge in [0.05, 0.1) is 17.7 Å². The first-order chi connectivity index (χ1) is 6.00. The zero-order valence-electron chi connectivity index (χ0n) is 8.13. The second-order valence-corrected chi connectivity index (χ2v) is 4.63. The van der Waals surface area contributed by atoms with Crippen LogP contribution in [0.3, 0.4) is 0 Å². The molecule has 13 heavy (non-hydrogen) atoms. The molecule has 1 N–H and O–H groups in total. The van der Waals surface area contributed by atoms with Gasteiger partial charge in [-0.05, 0) is 0 Å². The van der Waals surface area contributed by atoms with E-state index in [9.17, 15) is 4.79 Å². The van der Waals surface area contributed by atoms with Crippen LogP contribution < -0.4 is 5.32 Å². The molecule has 0 bridgehead atoms. The fourth-order valence-corrected chi connectivity index (χ4v) is 1.32. The summed E-state index contributed by atoms with van der Waals surface area (Å²) in [5, 5.41) is 4.76. The van der Waals surface area contributed by atoms with Gasteiger partial charge in [0.2, 0.25) is 5.91 Å². The zero-order valence-corrected chi connectivity index (χ0v) is 8.94. The van der Waals surface area contributed by atoms with Crippen molar-refractivity contribution in [3.63, 3.8) is 0 Å². The van der Waals surface area contributed by atoms with Crippen molar-refractivity contribution in [2.45, 2.75) is 27.3 Å². The van der Waals surface area contributed by atoms with Gasteiger partial charge in [-0.15, -0.1) is 11.3 Å². The number of aromatic nitrogens is 1. The Labute approximate surface area is 82.2 Å². The predicted octanol–water partition coefficient (Wildman–Crippen LogP) is 1.81. The number of amides is 1. The summed E-state index contributed by atoms with van der Waals surface area (Å²) in [7, 11) is 0. The van der Waals surface area contributed by atoms with E-state index in [0.29, 0.717) is 6.54 Å². The Balaban J connectivity index is 2.40. The van der Waals surface area contributed by atoms with E-state index >= 15 is 0 Å². The van der Waals surface area contributed by atoms with Gasteiger partial charge >= 0.3 is 0 Å². The SMILES string of the molecule is CC(C)(C)C(=O)NCc1cscn1. The van der Waals surface area contributed by atoms with Crippen LogP contribution in [0.5, 0.6) is 0 Å². The molecule has 1 rings (SSSR count). The van der Waals surface area contributed by atoms with Gasteiger partial charge in [-0.3, -0.25) is 4.79 Å². The highest BCUT2D eigenvalue weighted by Gasteiger charge is 2.20. The number of nitrogens with zero attached hydrogens (tertiary/aromatic N) is 1. The van der Waals surface area contributed by atoms with Crippen molar-refractivity contribution in [3.8, 4) is 0 Å². The Hall–Kier alpha value is -0.900. The lowest BCUT2D eigenvalue weighted by Gasteiger charge is -2.16. The predicted molar refractivity (Wildman–Crippen MR) is 53.4 cm³/mol. The average molecular weight is 198 g/mol. The van der Waals surface area contributed by atoms with Gasteiger partial charge in [0.1, 0.15) is 0 Å². The van der Waals surface area contributed by atoms with Crippen molar-refractivity contribution in [2.75, 3.05) is 0 Å². The third kappa shape index (κ3) is 3.14. The Kier molecular flexibility index (Phi) is 3.03. The molecule has 1 heterocycles. The molecule has 0 aliphatic carbocycles. The van der Waals surface area contributed by atoms with Gasteiger partial charge in [0.15, 0.2) is 0 Å². The van der Waals surface area contributed by atoms with Crippen LogP contribution in [0.25, 0.3) is 0 Å². The van der Waals surface area contributed by atoms with E-state index in [1.807, 2.05) is 26.2 Å². The minimum atomic E-state index is -0.323. The van der Waals surface area contributed by atoms with Crippen LogP contribution in [0.2, 0.25) is 0 Å². The van der Waals surface area contributed by atoms with E-state index in [0.717, 1.165) is 5.69 Å². The summed E-state index contributed by atoms with van der Waals surface area (Å²) in [5.41, 5.74) is 2.36. The summed E-state index contributed by atoms with van der Waals surface area (Å²) >= 11 is 1.54. The third-order valence-corrected chi connectivity index (χ3v) is 2.23. The largest absolute Gasteiger partial charge is 0.350 e. The minimum Gasteiger partial charge on any atom is -0.350 e. The monoisotopic (exact) mass is 198 g/mol. The quantitative estimate of drug-likeness (QED) is 0.787. The van der Waals surface area contributed by atoms with Crippen molar-refractivity contribution < 1.29 is 4.79 Å². The van der Waals surface area contributed by atoms with Crippen LogP contribution in [0.15, 0.2) is 10.9 Å². The Bertz CT molecular complexity index is 274. The molecule has 0 aliphatic heterocycles. The normalized spacial score (nSPS) is 11.3. The lowest BCUT2D eigenvalue weighted by Crippen LogP contribution is -2.34. The number of rotatable bonds is 2. The highest BCUT2D eigenvalue weighted by Crippen LogP contribution is 2.12. The first-order valence-corrected chi connectivity index (χ1v) is 5.10. The van der Waals surface area contributed by atoms with Gasteiger partial charge in [-0.2, -0.15) is 0 Å². The van der Waals surface area contributed by atoms with Crippen molar-refractivity contribution in [1.82, 2.24) is 10.3 Å². The number of hydrogen-bond acceptors (Lipinski definition) is 3. The number of nitrogens with one attached hydrogen (secondary N) is 1. The fourth-order valence-electron chi connectivity index (χ4n) is 0.761. The average Bonchev–Trinajstić information content (AvgIpc) is 2.50. The topological polar surface area (TPSA) is 42.0 Å². The number of thiazole rings is 1. The van der Waals surface area contributed by atoms with Gasteiger partial charge in [0.25, 0.3) is 0 Å². The Morgan fingerprint density at radius 3 is 2.77 bits per heavy atom. The molecule has 0 aromatic carbocycles. The second kappa shape index (κ2) is 3.87. The minimum absolute atomic E-state index is 0.0560. The standard InChI is InChI=1S/C9H14N2OS/c1-9(2,3)8(12)10-4-7-5-13-6-11-7/h5-6H,4H2,1-3H3,(H,10,12). The molecule has 0 radical (unpaired) electrons. The summed E-state index contributed by atoms with van der Waals surface area (Å²) in [6.45, 7) is 6.20. The van der Waals surface area contributed by atoms with E-state index in [4.69, 9.17) is 0 Å². The molecule has 3 nitrogen and oxygen atoms in total. The molecular weight excluding hydrogens is 184 g/mol. The third-order valence-electron chi connectivity index (χ3n) is 1.59. The lowest BCUT2D eigenvalue weighted by molar-refractivity contribution is -0.128. The van der Waals surface area contributed by atoms with E-state index in [-0.39, 0.29) is 11.3 Å². The highest BCUT2D eigenvalue weighted by molar-refractivity contribution is 7.07. The van der Waals surface area contributed by atoms with Gasteiger partial charge < -0.3 is 5.32 Å². The molecule has 0 spiro atoms. The van der Waals surface area contributed by atoms with E-state index in [2.05, 4.69) is 10.3 Å². The first-order valence-electron chi connectivity index (χ1n) is 4.15. The molecule has 0 aliphatic rings. The molecule has 1 amide bonds. The molecule has 0 saturated heterocycles. The van der Waals surface area contributed by atoms with Crippen LogP contribution in [-0.4, -0.2) is 10.9 Å². The lowest BCUT2D eigenvalue weighted by atomic mass is 9.96. The second-order valence-electron chi connectivity index (χ2n) is 3.91. The number of hydrogen-bond donors (Lipinski definition) is 1. The summed E-state index contributed by atoms with van der Waals surface area (Å²) in [5.74, 6) is 0.0560. The van der Waals surface area contributed by atoms with Gasteiger partial charge in [0, 0.05) is 10.8 Å². The maximum Gasteiger partial charge on any atom is 0.225 e. The first kappa shape index (κ1) is 10.2. The van der Waals surface area contributed by atoms with Gasteiger partial charge in [-0.1, -0.05) is 20.8 Å². The molecular formula is C9H14N2OS. The Morgan fingerprint density at radius 1 is 1.62 bits per heavy atom. The summed E-state index contributed by atoms with van der Waals surface area (Å²) in [6, 6.07) is 0. The van der Waals surface area contributed by atoms with E-state index in [1.54, 1.807) is 5.51 Å². The molecule has 0 unspecified atom stereocenters. The summed E-state index contributed by atoms with van der Waals surface area (Å²) in [4.78, 5) is 15.5. The zero-order chi connectivity index (χ0) is 9.90. The number of carbonyl (C=O) groups excluding carboxylic acids is 1. The molecule has 1 aromatic rings. The van der Waals surface area contributed by atoms with Crippen molar-refractivity contribution in [3.05, 3.63) is 16.6 Å². The maximum absolute atomic E-state index is 11.4. The molecule has 0 fully saturated rings. The van der Waals surface area contributed by atoms with Crippen LogP contribution >= 0.6 is 11.3 Å². The smallest absolute Gasteiger partial charge is 0.225 e. The Morgan fingerprint density at radius 2 is 2.31 bits per heavy atom. The van der Waals surface area contributed by atoms with Gasteiger partial charge in [-0.25, -0.2) is 4.98 Å². The van der Waals surface area contributed by atoms with E-state index < -0.39 is 0 Å². The van der Waals surface area contributed by atoms with Crippen molar-refractivity contribution >= 4 is 17.2 Å². The van der Waals surface area contributed by atoms with Crippen LogP contribution in [0, 0.1) is 5.41 Å². The van der Waals surface area contributed by atoms with E-state index in [1.165, 1.54) is 11.3 Å². The molecule has 1 aromatic heterocycles. The van der Waals surface area contributed by atoms with Crippen molar-refractivity contribution in [2.24, 2.45) is 5.41 Å². The summed E-state index contributed by atoms with van der Waals surface area (Å²) < 4.78 is 0. The molecule has 0 saturated carbocycles. The van der Waals surface area contributed by atoms with Crippen LogP contribution in [0.4, 0.5) is 0 Å². The summed E-state index contributed by atoms with van der Waals surface area (Å²) in [6.07, 6.45) is 0. The van der Waals surface area contributed by atoms with Crippen LogP contribution in [0.1, 0.15) is 26.5 Å². The van der Waals surface area contributed by atoms with Crippen LogP contribution in [-0.2, 0) is 11.3 Å². The fraction of sp³-hybridized carbons (Fsp3) is 0.556. The maximum atomic E-state index is 11.4.